The maximum Gasteiger partial charge on any atom is -0.0108 e. The zero-order valence-electron chi connectivity index (χ0n) is 10.2. The number of aryl methyl sites for hydroxylation is 1. The van der Waals surface area contributed by atoms with Gasteiger partial charge in [-0.1, -0.05) is 54.6 Å². The fraction of sp³-hybridized carbons (Fsp3) is 0.111. The molecule has 1 aromatic rings. The first kappa shape index (κ1) is 9.90. The molecule has 0 heteroatoms. The van der Waals surface area contributed by atoms with Crippen LogP contribution in [-0.4, -0.2) is 0 Å². The highest BCUT2D eigenvalue weighted by molar-refractivity contribution is 5.95. The third kappa shape index (κ3) is 1.32. The number of hydrogen-bond acceptors (Lipinski definition) is 0. The lowest BCUT2D eigenvalue weighted by molar-refractivity contribution is 1.000. The van der Waals surface area contributed by atoms with Crippen molar-refractivity contribution in [3.8, 4) is 11.1 Å². The summed E-state index contributed by atoms with van der Waals surface area (Å²) in [7, 11) is 0. The van der Waals surface area contributed by atoms with Crippen LogP contribution in [0.1, 0.15) is 17.5 Å². The van der Waals surface area contributed by atoms with Crippen LogP contribution in [0.4, 0.5) is 0 Å². The van der Waals surface area contributed by atoms with E-state index in [9.17, 15) is 0 Å². The van der Waals surface area contributed by atoms with Crippen LogP contribution in [0, 0.1) is 0 Å². The van der Waals surface area contributed by atoms with E-state index in [0.29, 0.717) is 0 Å². The van der Waals surface area contributed by atoms with Gasteiger partial charge in [-0.3, -0.25) is 0 Å². The van der Waals surface area contributed by atoms with Gasteiger partial charge >= 0.3 is 0 Å². The van der Waals surface area contributed by atoms with E-state index >= 15 is 0 Å². The van der Waals surface area contributed by atoms with Crippen LogP contribution in [-0.2, 0) is 6.42 Å². The molecular weight excluding hydrogens is 216 g/mol. The average Bonchev–Trinajstić information content (AvgIpc) is 2.83. The Morgan fingerprint density at radius 1 is 0.889 bits per heavy atom. The van der Waals surface area contributed by atoms with Crippen molar-refractivity contribution in [3.05, 3.63) is 65.7 Å². The fourth-order valence-electron chi connectivity index (χ4n) is 3.07. The minimum atomic E-state index is 1.15. The first-order valence-corrected chi connectivity index (χ1v) is 6.53. The summed E-state index contributed by atoms with van der Waals surface area (Å²) in [6.07, 6.45) is 6.90. The molecule has 3 aliphatic carbocycles. The van der Waals surface area contributed by atoms with Crippen molar-refractivity contribution >= 4 is 16.8 Å². The molecule has 0 spiro atoms. The van der Waals surface area contributed by atoms with Crippen molar-refractivity contribution in [3.63, 3.8) is 0 Å². The average molecular weight is 230 g/mol. The maximum atomic E-state index is 2.32. The molecule has 0 fully saturated rings. The Labute approximate surface area is 107 Å². The van der Waals surface area contributed by atoms with Crippen molar-refractivity contribution in [2.75, 3.05) is 0 Å². The summed E-state index contributed by atoms with van der Waals surface area (Å²) in [4.78, 5) is 0. The van der Waals surface area contributed by atoms with Gasteiger partial charge in [-0.05, 0) is 51.9 Å². The SMILES string of the molecule is C1=Cc2c3cccc-3cc3ccccc3c2CC1. The number of benzene rings is 1. The molecule has 0 saturated heterocycles. The topological polar surface area (TPSA) is 0 Å². The molecule has 0 aliphatic heterocycles. The van der Waals surface area contributed by atoms with Crippen molar-refractivity contribution < 1.29 is 0 Å². The number of rotatable bonds is 0. The van der Waals surface area contributed by atoms with Crippen LogP contribution >= 0.6 is 0 Å². The van der Waals surface area contributed by atoms with Gasteiger partial charge in [0.2, 0.25) is 0 Å². The molecule has 0 saturated carbocycles. The van der Waals surface area contributed by atoms with E-state index in [-0.39, 0.29) is 0 Å². The Bertz CT molecular complexity index is 734. The fourth-order valence-corrected chi connectivity index (χ4v) is 3.07. The molecule has 3 aliphatic rings. The highest BCUT2D eigenvalue weighted by Gasteiger charge is 2.14. The quantitative estimate of drug-likeness (QED) is 0.515. The van der Waals surface area contributed by atoms with E-state index in [1.165, 1.54) is 33.0 Å². The second-order valence-corrected chi connectivity index (χ2v) is 4.96. The molecule has 0 unspecified atom stereocenters. The van der Waals surface area contributed by atoms with E-state index in [1.807, 2.05) is 0 Å². The second kappa shape index (κ2) is 3.71. The maximum absolute atomic E-state index is 2.32. The summed E-state index contributed by atoms with van der Waals surface area (Å²) in [6, 6.07) is 17.7. The van der Waals surface area contributed by atoms with Crippen LogP contribution in [0.25, 0.3) is 28.0 Å². The monoisotopic (exact) mass is 230 g/mol. The molecule has 0 bridgehead atoms. The van der Waals surface area contributed by atoms with Gasteiger partial charge in [0.25, 0.3) is 0 Å². The standard InChI is InChI=1S/C18H14/c1-2-8-15-13(6-1)12-14-7-5-11-16(14)18-10-4-3-9-17(15)18/h1-2,4-8,10-12H,3,9H2. The number of allylic oxidation sites excluding steroid dienone is 1. The first-order valence-electron chi connectivity index (χ1n) is 6.53. The molecule has 0 heterocycles. The van der Waals surface area contributed by atoms with Gasteiger partial charge in [-0.25, -0.2) is 0 Å². The van der Waals surface area contributed by atoms with E-state index in [1.54, 1.807) is 0 Å². The molecule has 1 aromatic carbocycles. The Balaban J connectivity index is 2.27. The summed E-state index contributed by atoms with van der Waals surface area (Å²) in [5, 5.41) is 2.76. The number of fused-ring (bicyclic) bond motifs is 5. The summed E-state index contributed by atoms with van der Waals surface area (Å²) in [5.41, 5.74) is 5.66. The third-order valence-electron chi connectivity index (χ3n) is 3.91. The minimum Gasteiger partial charge on any atom is -0.0836 e. The van der Waals surface area contributed by atoms with Crippen molar-refractivity contribution in [1.82, 2.24) is 0 Å². The lowest BCUT2D eigenvalue weighted by atomic mass is 9.93. The van der Waals surface area contributed by atoms with Gasteiger partial charge < -0.3 is 0 Å². The van der Waals surface area contributed by atoms with Crippen LogP contribution in [0.2, 0.25) is 0 Å². The molecule has 18 heavy (non-hydrogen) atoms. The van der Waals surface area contributed by atoms with E-state index in [0.717, 1.165) is 12.8 Å². The van der Waals surface area contributed by atoms with Gasteiger partial charge in [0.05, 0.1) is 0 Å². The predicted octanol–water partition coefficient (Wildman–Crippen LogP) is 4.90. The van der Waals surface area contributed by atoms with E-state index in [4.69, 9.17) is 0 Å². The largest absolute Gasteiger partial charge is 0.0836 e. The highest BCUT2D eigenvalue weighted by Crippen LogP contribution is 2.36. The van der Waals surface area contributed by atoms with Crippen LogP contribution in [0.3, 0.4) is 0 Å². The van der Waals surface area contributed by atoms with E-state index in [2.05, 4.69) is 60.7 Å². The molecule has 0 aromatic heterocycles. The van der Waals surface area contributed by atoms with Crippen molar-refractivity contribution in [2.45, 2.75) is 12.8 Å². The van der Waals surface area contributed by atoms with E-state index < -0.39 is 0 Å². The summed E-state index contributed by atoms with van der Waals surface area (Å²) < 4.78 is 0. The van der Waals surface area contributed by atoms with Crippen LogP contribution in [0.5, 0.6) is 0 Å². The van der Waals surface area contributed by atoms with Gasteiger partial charge in [0.15, 0.2) is 0 Å². The zero-order valence-corrected chi connectivity index (χ0v) is 10.2. The smallest absolute Gasteiger partial charge is 0.0108 e. The highest BCUT2D eigenvalue weighted by atomic mass is 14.2. The normalized spacial score (nSPS) is 14.0. The minimum absolute atomic E-state index is 1.15. The van der Waals surface area contributed by atoms with Crippen molar-refractivity contribution in [2.24, 2.45) is 0 Å². The van der Waals surface area contributed by atoms with Gasteiger partial charge in [-0.15, -0.1) is 0 Å². The third-order valence-corrected chi connectivity index (χ3v) is 3.91. The Morgan fingerprint density at radius 3 is 2.83 bits per heavy atom. The van der Waals surface area contributed by atoms with Gasteiger partial charge in [-0.2, -0.15) is 0 Å². The second-order valence-electron chi connectivity index (χ2n) is 4.96. The van der Waals surface area contributed by atoms with Gasteiger partial charge in [0, 0.05) is 0 Å². The molecule has 0 radical (unpaired) electrons. The van der Waals surface area contributed by atoms with Gasteiger partial charge in [0.1, 0.15) is 0 Å². The molecule has 0 nitrogen and oxygen atoms in total. The molecule has 86 valence electrons. The Kier molecular flexibility index (Phi) is 2.04. The van der Waals surface area contributed by atoms with Crippen molar-refractivity contribution in [1.29, 1.82) is 0 Å². The molecule has 0 N–H and O–H groups in total. The van der Waals surface area contributed by atoms with Crippen LogP contribution in [0.15, 0.2) is 54.6 Å². The Morgan fingerprint density at radius 2 is 1.83 bits per heavy atom. The number of hydrogen-bond donors (Lipinski definition) is 0. The lowest BCUT2D eigenvalue weighted by Crippen LogP contribution is -1.93. The molecule has 0 atom stereocenters. The first-order chi connectivity index (χ1) is 8.93. The van der Waals surface area contributed by atoms with Crippen LogP contribution < -0.4 is 0 Å². The summed E-state index contributed by atoms with van der Waals surface area (Å²) >= 11 is 0. The zero-order chi connectivity index (χ0) is 11.9. The molecule has 4 rings (SSSR count). The Hall–Kier alpha value is -2.08. The molecule has 0 amide bonds. The summed E-state index contributed by atoms with van der Waals surface area (Å²) in [6.45, 7) is 0. The predicted molar refractivity (Wildman–Crippen MR) is 77.9 cm³/mol. The molecular formula is C18H14. The lowest BCUT2D eigenvalue weighted by Gasteiger charge is -2.11. The summed E-state index contributed by atoms with van der Waals surface area (Å²) in [5.74, 6) is 0.